The van der Waals surface area contributed by atoms with Crippen molar-refractivity contribution < 1.29 is 14.0 Å². The van der Waals surface area contributed by atoms with Crippen molar-refractivity contribution in [2.24, 2.45) is 0 Å². The Balaban J connectivity index is 1.58. The smallest absolute Gasteiger partial charge is 0.291 e. The van der Waals surface area contributed by atoms with Gasteiger partial charge >= 0.3 is 0 Å². The number of carbonyl (C=O) groups excluding carboxylic acids is 2. The Hall–Kier alpha value is -2.99. The van der Waals surface area contributed by atoms with Crippen molar-refractivity contribution in [3.8, 4) is 0 Å². The molecule has 1 fully saturated rings. The summed E-state index contributed by atoms with van der Waals surface area (Å²) in [7, 11) is 0. The molecule has 2 heterocycles. The number of carbonyl (C=O) groups is 2. The fourth-order valence-electron chi connectivity index (χ4n) is 3.44. The molecule has 3 aromatic rings. The van der Waals surface area contributed by atoms with Gasteiger partial charge in [-0.05, 0) is 52.9 Å². The van der Waals surface area contributed by atoms with E-state index in [4.69, 9.17) is 4.42 Å². The zero-order valence-corrected chi connectivity index (χ0v) is 18.0. The van der Waals surface area contributed by atoms with Crippen molar-refractivity contribution in [3.63, 3.8) is 0 Å². The third-order valence-corrected chi connectivity index (χ3v) is 6.27. The predicted octanol–water partition coefficient (Wildman–Crippen LogP) is 5.61. The molecule has 2 aromatic carbocycles. The van der Waals surface area contributed by atoms with Crippen LogP contribution in [0.25, 0.3) is 0 Å². The molecule has 0 aliphatic carbocycles. The number of rotatable bonds is 4. The van der Waals surface area contributed by atoms with Gasteiger partial charge < -0.3 is 9.73 Å². The van der Waals surface area contributed by atoms with E-state index in [1.54, 1.807) is 23.9 Å². The third kappa shape index (κ3) is 4.14. The van der Waals surface area contributed by atoms with Crippen LogP contribution in [0, 0.1) is 0 Å². The summed E-state index contributed by atoms with van der Waals surface area (Å²) in [5.41, 5.74) is 3.79. The second-order valence-electron chi connectivity index (χ2n) is 8.28. The minimum Gasteiger partial charge on any atom is -0.459 e. The second kappa shape index (κ2) is 8.03. The molecule has 5 nitrogen and oxygen atoms in total. The van der Waals surface area contributed by atoms with Gasteiger partial charge in [0.2, 0.25) is 5.91 Å². The van der Waals surface area contributed by atoms with E-state index < -0.39 is 0 Å². The highest BCUT2D eigenvalue weighted by molar-refractivity contribution is 8.00. The lowest BCUT2D eigenvalue weighted by atomic mass is 9.87. The number of benzene rings is 2. The monoisotopic (exact) mass is 420 g/mol. The summed E-state index contributed by atoms with van der Waals surface area (Å²) in [6.07, 6.45) is 1.47. The Morgan fingerprint density at radius 2 is 1.87 bits per heavy atom. The molecule has 0 spiro atoms. The molecule has 1 atom stereocenters. The standard InChI is InChI=1S/C24H24N2O3S/c1-24(2,3)17-9-11-19(12-10-17)26-21(27)15-30-23(26)16-6-4-7-18(14-16)25-22(28)20-8-5-13-29-20/h4-14,23H,15H2,1-3H3,(H,25,28)/t23-/m0/s1. The van der Waals surface area contributed by atoms with E-state index in [2.05, 4.69) is 38.2 Å². The van der Waals surface area contributed by atoms with E-state index in [1.807, 2.05) is 41.3 Å². The van der Waals surface area contributed by atoms with E-state index in [0.717, 1.165) is 11.3 Å². The Morgan fingerprint density at radius 3 is 2.53 bits per heavy atom. The molecule has 1 saturated heterocycles. The van der Waals surface area contributed by atoms with Crippen LogP contribution in [0.1, 0.15) is 47.8 Å². The van der Waals surface area contributed by atoms with Crippen LogP contribution in [-0.4, -0.2) is 17.6 Å². The number of hydrogen-bond donors (Lipinski definition) is 1. The molecule has 0 radical (unpaired) electrons. The van der Waals surface area contributed by atoms with Gasteiger partial charge in [-0.15, -0.1) is 11.8 Å². The van der Waals surface area contributed by atoms with Gasteiger partial charge in [0.05, 0.1) is 12.0 Å². The quantitative estimate of drug-likeness (QED) is 0.596. The van der Waals surface area contributed by atoms with Gasteiger partial charge in [-0.3, -0.25) is 14.5 Å². The van der Waals surface area contributed by atoms with Gasteiger partial charge in [0.1, 0.15) is 5.37 Å². The van der Waals surface area contributed by atoms with Gasteiger partial charge in [-0.1, -0.05) is 45.0 Å². The highest BCUT2D eigenvalue weighted by atomic mass is 32.2. The van der Waals surface area contributed by atoms with Crippen LogP contribution in [-0.2, 0) is 10.2 Å². The molecule has 0 unspecified atom stereocenters. The van der Waals surface area contributed by atoms with E-state index in [9.17, 15) is 9.59 Å². The summed E-state index contributed by atoms with van der Waals surface area (Å²) in [6, 6.07) is 19.1. The summed E-state index contributed by atoms with van der Waals surface area (Å²) in [6.45, 7) is 6.51. The van der Waals surface area contributed by atoms with Crippen molar-refractivity contribution in [2.45, 2.75) is 31.6 Å². The Labute approximate surface area is 180 Å². The first kappa shape index (κ1) is 20.3. The number of amides is 2. The number of anilines is 2. The van der Waals surface area contributed by atoms with Crippen LogP contribution < -0.4 is 10.2 Å². The van der Waals surface area contributed by atoms with Gasteiger partial charge in [-0.25, -0.2) is 0 Å². The molecular formula is C24H24N2O3S. The molecule has 0 bridgehead atoms. The fourth-order valence-corrected chi connectivity index (χ4v) is 4.61. The molecule has 0 saturated carbocycles. The minimum atomic E-state index is -0.304. The zero-order chi connectivity index (χ0) is 21.3. The maximum atomic E-state index is 12.7. The summed E-state index contributed by atoms with van der Waals surface area (Å²) in [5, 5.41) is 2.71. The molecule has 1 N–H and O–H groups in total. The van der Waals surface area contributed by atoms with E-state index in [-0.39, 0.29) is 28.4 Å². The maximum absolute atomic E-state index is 12.7. The topological polar surface area (TPSA) is 62.6 Å². The van der Waals surface area contributed by atoms with Gasteiger partial charge in [0, 0.05) is 11.4 Å². The normalized spacial score (nSPS) is 16.7. The van der Waals surface area contributed by atoms with Crippen molar-refractivity contribution in [1.29, 1.82) is 0 Å². The van der Waals surface area contributed by atoms with Crippen molar-refractivity contribution in [1.82, 2.24) is 0 Å². The molecule has 2 amide bonds. The average molecular weight is 421 g/mol. The highest BCUT2D eigenvalue weighted by Gasteiger charge is 2.34. The molecule has 4 rings (SSSR count). The van der Waals surface area contributed by atoms with Crippen molar-refractivity contribution >= 4 is 35.0 Å². The first-order chi connectivity index (χ1) is 14.3. The largest absolute Gasteiger partial charge is 0.459 e. The average Bonchev–Trinajstić information content (AvgIpc) is 3.38. The predicted molar refractivity (Wildman–Crippen MR) is 121 cm³/mol. The lowest BCUT2D eigenvalue weighted by molar-refractivity contribution is -0.115. The van der Waals surface area contributed by atoms with Crippen molar-refractivity contribution in [3.05, 3.63) is 83.8 Å². The third-order valence-electron chi connectivity index (χ3n) is 5.05. The summed E-state index contributed by atoms with van der Waals surface area (Å²) >= 11 is 1.59. The zero-order valence-electron chi connectivity index (χ0n) is 17.2. The molecule has 154 valence electrons. The van der Waals surface area contributed by atoms with Gasteiger partial charge in [0.25, 0.3) is 5.91 Å². The molecule has 30 heavy (non-hydrogen) atoms. The van der Waals surface area contributed by atoms with Crippen LogP contribution in [0.3, 0.4) is 0 Å². The summed E-state index contributed by atoms with van der Waals surface area (Å²) in [5.74, 6) is 0.459. The van der Waals surface area contributed by atoms with E-state index >= 15 is 0 Å². The van der Waals surface area contributed by atoms with Crippen LogP contribution in [0.2, 0.25) is 0 Å². The number of hydrogen-bond acceptors (Lipinski definition) is 4. The first-order valence-electron chi connectivity index (χ1n) is 9.82. The maximum Gasteiger partial charge on any atom is 0.291 e. The minimum absolute atomic E-state index is 0.0578. The van der Waals surface area contributed by atoms with E-state index in [0.29, 0.717) is 11.4 Å². The molecule has 1 aliphatic rings. The van der Waals surface area contributed by atoms with Crippen LogP contribution in [0.5, 0.6) is 0 Å². The molecular weight excluding hydrogens is 396 g/mol. The van der Waals surface area contributed by atoms with Crippen LogP contribution in [0.15, 0.2) is 71.3 Å². The van der Waals surface area contributed by atoms with E-state index in [1.165, 1.54) is 11.8 Å². The van der Waals surface area contributed by atoms with Crippen LogP contribution in [0.4, 0.5) is 11.4 Å². The molecule has 6 heteroatoms. The van der Waals surface area contributed by atoms with Gasteiger partial charge in [-0.2, -0.15) is 0 Å². The number of nitrogens with one attached hydrogen (secondary N) is 1. The highest BCUT2D eigenvalue weighted by Crippen LogP contribution is 2.42. The van der Waals surface area contributed by atoms with Crippen molar-refractivity contribution in [2.75, 3.05) is 16.0 Å². The van der Waals surface area contributed by atoms with Gasteiger partial charge in [0.15, 0.2) is 5.76 Å². The molecule has 1 aromatic heterocycles. The number of thioether (sulfide) groups is 1. The van der Waals surface area contributed by atoms with Crippen LogP contribution >= 0.6 is 11.8 Å². The Bertz CT molecular complexity index is 1050. The Kier molecular flexibility index (Phi) is 5.43. The summed E-state index contributed by atoms with van der Waals surface area (Å²) in [4.78, 5) is 26.8. The lowest BCUT2D eigenvalue weighted by Gasteiger charge is -2.26. The Morgan fingerprint density at radius 1 is 1.10 bits per heavy atom. The first-order valence-corrected chi connectivity index (χ1v) is 10.9. The fraction of sp³-hybridized carbons (Fsp3) is 0.250. The second-order valence-corrected chi connectivity index (χ2v) is 9.35. The lowest BCUT2D eigenvalue weighted by Crippen LogP contribution is -2.28. The molecule has 1 aliphatic heterocycles. The SMILES string of the molecule is CC(C)(C)c1ccc(N2C(=O)CS[C@H]2c2cccc(NC(=O)c3ccco3)c2)cc1. The summed E-state index contributed by atoms with van der Waals surface area (Å²) < 4.78 is 5.15. The number of furan rings is 1. The number of nitrogens with zero attached hydrogens (tertiary/aromatic N) is 1.